The van der Waals surface area contributed by atoms with Crippen LogP contribution < -0.4 is 0 Å². The first kappa shape index (κ1) is 118. The molecule has 18 aromatic rings. The van der Waals surface area contributed by atoms with E-state index in [1.807, 2.05) is 180 Å². The fraction of sp³-hybridized carbons (Fsp3) is 0.369. The van der Waals surface area contributed by atoms with E-state index in [9.17, 15) is 0 Å². The summed E-state index contributed by atoms with van der Waals surface area (Å²) in [6.45, 7) is 87.3. The van der Waals surface area contributed by atoms with Crippen LogP contribution in [0.3, 0.4) is 0 Å². The minimum absolute atomic E-state index is 1.09. The molecule has 0 radical (unpaired) electrons. The summed E-state index contributed by atoms with van der Waals surface area (Å²) in [6.07, 6.45) is 23.4. The Bertz CT molecular complexity index is 5740. The molecule has 0 N–H and O–H groups in total. The Morgan fingerprint density at radius 2 is 0.545 bits per heavy atom. The van der Waals surface area contributed by atoms with E-state index in [1.165, 1.54) is 204 Å². The Morgan fingerprint density at radius 3 is 1.06 bits per heavy atom. The van der Waals surface area contributed by atoms with E-state index in [0.29, 0.717) is 0 Å². The first-order valence-corrected chi connectivity index (χ1v) is 48.6. The van der Waals surface area contributed by atoms with Crippen molar-refractivity contribution in [3.63, 3.8) is 0 Å². The van der Waals surface area contributed by atoms with Gasteiger partial charge in [-0.2, -0.15) is 0 Å². The van der Waals surface area contributed by atoms with E-state index in [1.54, 1.807) is 0 Å². The van der Waals surface area contributed by atoms with E-state index in [-0.39, 0.29) is 0 Å². The molecule has 0 aliphatic carbocycles. The van der Waals surface area contributed by atoms with Gasteiger partial charge in [-0.1, -0.05) is 228 Å². The summed E-state index contributed by atoms with van der Waals surface area (Å²) in [5, 5.41) is 18.4. The van der Waals surface area contributed by atoms with Gasteiger partial charge < -0.3 is 13.7 Å². The van der Waals surface area contributed by atoms with Crippen molar-refractivity contribution >= 4 is 97.5 Å². The first-order valence-electron chi connectivity index (χ1n) is 48.6. The number of fused-ring (bicyclic) bond motifs is 9. The minimum atomic E-state index is 1.09. The molecule has 0 saturated heterocycles. The zero-order chi connectivity index (χ0) is 101. The van der Waals surface area contributed by atoms with Crippen LogP contribution in [0.5, 0.6) is 0 Å². The summed E-state index contributed by atoms with van der Waals surface area (Å²) in [7, 11) is 6.21. The third-order valence-corrected chi connectivity index (χ3v) is 23.3. The molecule has 0 unspecified atom stereocenters. The summed E-state index contributed by atoms with van der Waals surface area (Å²) < 4.78 is 6.43. The Hall–Kier alpha value is -12.0. The van der Waals surface area contributed by atoms with E-state index in [0.717, 1.165) is 27.9 Å². The highest BCUT2D eigenvalue weighted by atomic mass is 14.9. The largest absolute Gasteiger partial charge is 0.353 e. The number of nitrogens with zero attached hydrogens (tertiary/aromatic N) is 10. The highest BCUT2D eigenvalue weighted by Gasteiger charge is 2.12. The summed E-state index contributed by atoms with van der Waals surface area (Å²) in [5.74, 6) is 0. The number of aryl methyl sites for hydroxylation is 27. The van der Waals surface area contributed by atoms with E-state index in [2.05, 4.69) is 394 Å². The number of hydrogen-bond donors (Lipinski definition) is 0. The number of hydrogen-bond acceptors (Lipinski definition) is 7. The summed E-state index contributed by atoms with van der Waals surface area (Å²) in [5.41, 5.74) is 36.2. The number of pyridine rings is 7. The summed E-state index contributed by atoms with van der Waals surface area (Å²) in [6, 6.07) is 49.0. The second-order valence-corrected chi connectivity index (χ2v) is 31.1. The van der Waals surface area contributed by atoms with Crippen molar-refractivity contribution in [2.45, 2.75) is 291 Å². The molecule has 18 rings (SSSR count). The standard InChI is InChI=1S/C13H14.5C12H13N.C11H13N.2C10H12N2.9C2H6/c1-9-7-8-12-6-4-5-10(2)13(12)11(9)3;1-8-4-5-11-7-13-6-9(2)12(11)10(8)3;1-8-4-5-11-6-7-13-10(3)12(11)9(8)2;1-8-4-5-11-12(10(8)3)9(2)6-7-13-11;1-8-5-4-6-11-7-13-10(3)9(2)12(8)11;1-8-5-4-6-11-12(8)10(3)9(2)7-13-11;1-8-4-5-10-6-7-12(3)11(10)9(8)2;1-7-4-11-5-9-6-12(3)8(2)10(7)9;1-7-4-5-11-9-6-12(3)8(2)10(7)9;9*1-2/h4-8H,1-3H3;5*4-7H,1-3H3;4-7H,1-3H3;2*4-6H,1-3H3;9*1-2H3. The van der Waals surface area contributed by atoms with Crippen molar-refractivity contribution < 1.29 is 0 Å². The van der Waals surface area contributed by atoms with Crippen LogP contribution in [0.25, 0.3) is 97.5 Å². The molecule has 708 valence electrons. The molecule has 10 heterocycles. The maximum atomic E-state index is 4.40. The van der Waals surface area contributed by atoms with Gasteiger partial charge in [0.1, 0.15) is 0 Å². The van der Waals surface area contributed by atoms with Gasteiger partial charge in [-0.15, -0.1) is 0 Å². The third-order valence-electron chi connectivity index (χ3n) is 23.3. The van der Waals surface area contributed by atoms with E-state index in [4.69, 9.17) is 0 Å². The van der Waals surface area contributed by atoms with E-state index >= 15 is 0 Å². The average Bonchev–Trinajstić information content (AvgIpc) is 1.78. The second-order valence-electron chi connectivity index (χ2n) is 31.1. The molecule has 0 bridgehead atoms. The molecule has 0 amide bonds. The van der Waals surface area contributed by atoms with Crippen LogP contribution in [-0.2, 0) is 21.1 Å². The van der Waals surface area contributed by atoms with Gasteiger partial charge in [0.25, 0.3) is 0 Å². The number of benzene rings is 8. The van der Waals surface area contributed by atoms with Crippen molar-refractivity contribution in [1.82, 2.24) is 48.6 Å². The lowest BCUT2D eigenvalue weighted by molar-refractivity contribution is 0.888. The maximum absolute atomic E-state index is 4.40. The van der Waals surface area contributed by atoms with Gasteiger partial charge >= 0.3 is 0 Å². The van der Waals surface area contributed by atoms with Crippen LogP contribution in [0.4, 0.5) is 0 Å². The van der Waals surface area contributed by atoms with Crippen LogP contribution >= 0.6 is 0 Å². The molecule has 0 spiro atoms. The molecule has 10 aromatic heterocycles. The highest BCUT2D eigenvalue weighted by Crippen LogP contribution is 2.31. The SMILES string of the molecule is CC.CC.CC.CC.CC.CC.CC.CC.CC.Cc1ccc2cccc(C)c2c1C.Cc1ccc2ccn(C)c2c1C.Cc1ccc2ccnc(C)c2c1C.Cc1ccc2cncc(C)c2c1C.Cc1ccc2nccc(C)c2c1C.Cc1ccnc2cn(C)c(C)c12.Cc1cnc2cccc(C)c2c1C.Cc1cncc2cn(C)c(C)c12.Cc1ncc2cccc(C)c2c1C. The zero-order valence-electron chi connectivity index (χ0n) is 90.7. The predicted molar refractivity (Wildman–Crippen MR) is 593 cm³/mol. The van der Waals surface area contributed by atoms with Gasteiger partial charge in [0.05, 0.1) is 22.1 Å². The molecule has 8 aromatic carbocycles. The lowest BCUT2D eigenvalue weighted by Crippen LogP contribution is -1.90. The van der Waals surface area contributed by atoms with Crippen LogP contribution in [0.15, 0.2) is 214 Å². The van der Waals surface area contributed by atoms with Crippen molar-refractivity contribution in [3.05, 3.63) is 348 Å². The van der Waals surface area contributed by atoms with Gasteiger partial charge in [0.15, 0.2) is 0 Å². The van der Waals surface area contributed by atoms with Gasteiger partial charge in [-0.25, -0.2) is 0 Å². The maximum Gasteiger partial charge on any atom is 0.0883 e. The van der Waals surface area contributed by atoms with Crippen molar-refractivity contribution in [2.75, 3.05) is 0 Å². The average molecular weight is 1780 g/mol. The molecular formula is C122H170N10. The van der Waals surface area contributed by atoms with Crippen LogP contribution in [0, 0.1) is 166 Å². The van der Waals surface area contributed by atoms with Gasteiger partial charge in [-0.05, 0) is 346 Å². The Morgan fingerprint density at radius 1 is 0.189 bits per heavy atom. The molecule has 0 aliphatic rings. The molecule has 0 atom stereocenters. The van der Waals surface area contributed by atoms with Crippen LogP contribution in [0.2, 0.25) is 0 Å². The van der Waals surface area contributed by atoms with Crippen LogP contribution in [-0.4, -0.2) is 48.6 Å². The van der Waals surface area contributed by atoms with Gasteiger partial charge in [0.2, 0.25) is 0 Å². The minimum Gasteiger partial charge on any atom is -0.353 e. The van der Waals surface area contributed by atoms with Crippen molar-refractivity contribution in [1.29, 1.82) is 0 Å². The first-order chi connectivity index (χ1) is 63.3. The molecule has 132 heavy (non-hydrogen) atoms. The number of rotatable bonds is 0. The van der Waals surface area contributed by atoms with Gasteiger partial charge in [0, 0.05) is 161 Å². The van der Waals surface area contributed by atoms with E-state index < -0.39 is 0 Å². The topological polar surface area (TPSA) is 105 Å². The normalized spacial score (nSPS) is 9.70. The summed E-state index contributed by atoms with van der Waals surface area (Å²) in [4.78, 5) is 30.0. The lowest BCUT2D eigenvalue weighted by atomic mass is 9.97. The molecule has 10 heteroatoms. The Kier molecular flexibility index (Phi) is 54.4. The van der Waals surface area contributed by atoms with Crippen molar-refractivity contribution in [3.8, 4) is 0 Å². The Balaban J connectivity index is 0.000000726. The predicted octanol–water partition coefficient (Wildman–Crippen LogP) is 36.0. The second kappa shape index (κ2) is 60.9. The van der Waals surface area contributed by atoms with Crippen molar-refractivity contribution in [2.24, 2.45) is 21.1 Å². The number of aromatic nitrogens is 10. The highest BCUT2D eigenvalue weighted by molar-refractivity contribution is 5.93. The monoisotopic (exact) mass is 1780 g/mol. The van der Waals surface area contributed by atoms with Crippen LogP contribution in [0.1, 0.15) is 259 Å². The summed E-state index contributed by atoms with van der Waals surface area (Å²) >= 11 is 0. The smallest absolute Gasteiger partial charge is 0.0883 e. The fourth-order valence-corrected chi connectivity index (χ4v) is 15.5. The van der Waals surface area contributed by atoms with Gasteiger partial charge in [-0.3, -0.25) is 34.9 Å². The zero-order valence-corrected chi connectivity index (χ0v) is 90.7. The Labute approximate surface area is 800 Å². The molecule has 0 fully saturated rings. The molecule has 0 saturated carbocycles. The molecular weight excluding hydrogens is 1610 g/mol. The molecule has 0 aliphatic heterocycles. The molecule has 10 nitrogen and oxygen atoms in total. The lowest BCUT2D eigenvalue weighted by Gasteiger charge is -2.07. The fourth-order valence-electron chi connectivity index (χ4n) is 15.5. The quantitative estimate of drug-likeness (QED) is 0.149. The third kappa shape index (κ3) is 31.1.